The third kappa shape index (κ3) is 3.17. The number of thiol groups is 1. The Morgan fingerprint density at radius 2 is 1.72 bits per heavy atom. The fourth-order valence-electron chi connectivity index (χ4n) is 1.77. The van der Waals surface area contributed by atoms with Gasteiger partial charge in [-0.1, -0.05) is 48.5 Å². The highest BCUT2D eigenvalue weighted by Gasteiger charge is 1.99. The minimum atomic E-state index is 0.718. The Hall–Kier alpha value is -1.67. The van der Waals surface area contributed by atoms with Gasteiger partial charge in [-0.3, -0.25) is 0 Å². The lowest BCUT2D eigenvalue weighted by Gasteiger charge is -2.05. The van der Waals surface area contributed by atoms with Crippen LogP contribution < -0.4 is 4.74 Å². The molecule has 0 atom stereocenters. The molecule has 18 heavy (non-hydrogen) atoms. The van der Waals surface area contributed by atoms with Crippen molar-refractivity contribution in [1.82, 2.24) is 0 Å². The van der Waals surface area contributed by atoms with Crippen LogP contribution in [0.4, 0.5) is 0 Å². The molecule has 0 spiro atoms. The van der Waals surface area contributed by atoms with Crippen LogP contribution in [0.25, 0.3) is 11.6 Å². The second-order valence-corrected chi connectivity index (χ2v) is 4.28. The van der Waals surface area contributed by atoms with E-state index in [1.807, 2.05) is 42.5 Å². The van der Waals surface area contributed by atoms with E-state index >= 15 is 0 Å². The van der Waals surface area contributed by atoms with E-state index in [1.54, 1.807) is 7.11 Å². The highest BCUT2D eigenvalue weighted by atomic mass is 32.1. The Morgan fingerprint density at radius 1 is 1.06 bits per heavy atom. The molecule has 0 bridgehead atoms. The first-order valence-electron chi connectivity index (χ1n) is 5.84. The summed E-state index contributed by atoms with van der Waals surface area (Å²) < 4.78 is 5.15. The molecule has 2 rings (SSSR count). The second kappa shape index (κ2) is 6.31. The van der Waals surface area contributed by atoms with Crippen LogP contribution in [0.15, 0.2) is 54.6 Å². The summed E-state index contributed by atoms with van der Waals surface area (Å²) >= 11 is 4.40. The summed E-state index contributed by atoms with van der Waals surface area (Å²) in [5, 5.41) is 0. The predicted octanol–water partition coefficient (Wildman–Crippen LogP) is 4.17. The van der Waals surface area contributed by atoms with Crippen LogP contribution in [0, 0.1) is 0 Å². The molecule has 0 N–H and O–H groups in total. The van der Waals surface area contributed by atoms with Crippen molar-refractivity contribution in [2.75, 3.05) is 12.9 Å². The van der Waals surface area contributed by atoms with Gasteiger partial charge in [0.25, 0.3) is 0 Å². The third-order valence-corrected chi connectivity index (χ3v) is 3.11. The Balaban J connectivity index is 2.29. The van der Waals surface area contributed by atoms with Gasteiger partial charge in [-0.25, -0.2) is 0 Å². The van der Waals surface area contributed by atoms with Crippen molar-refractivity contribution in [1.29, 1.82) is 0 Å². The third-order valence-electron chi connectivity index (χ3n) is 2.77. The van der Waals surface area contributed by atoms with Crippen LogP contribution in [0.3, 0.4) is 0 Å². The number of benzene rings is 2. The number of hydrogen-bond donors (Lipinski definition) is 1. The van der Waals surface area contributed by atoms with Crippen molar-refractivity contribution in [2.45, 2.75) is 0 Å². The molecule has 0 amide bonds. The zero-order valence-electron chi connectivity index (χ0n) is 10.3. The van der Waals surface area contributed by atoms with Gasteiger partial charge in [0, 0.05) is 5.75 Å². The molecule has 0 radical (unpaired) electrons. The van der Waals surface area contributed by atoms with Gasteiger partial charge in [-0.05, 0) is 28.8 Å². The summed E-state index contributed by atoms with van der Waals surface area (Å²) in [7, 11) is 1.67. The SMILES string of the molecule is COc1ccc(C=C(CS)c2ccccc2)cc1. The first-order chi connectivity index (χ1) is 8.83. The molecule has 0 fully saturated rings. The molecule has 0 unspecified atom stereocenters. The van der Waals surface area contributed by atoms with Crippen molar-refractivity contribution in [2.24, 2.45) is 0 Å². The van der Waals surface area contributed by atoms with Gasteiger partial charge in [0.1, 0.15) is 5.75 Å². The minimum Gasteiger partial charge on any atom is -0.497 e. The first-order valence-corrected chi connectivity index (χ1v) is 6.47. The maximum Gasteiger partial charge on any atom is 0.118 e. The number of ether oxygens (including phenoxy) is 1. The summed E-state index contributed by atoms with van der Waals surface area (Å²) in [6.45, 7) is 0. The molecule has 0 aliphatic heterocycles. The quantitative estimate of drug-likeness (QED) is 0.638. The van der Waals surface area contributed by atoms with E-state index in [0.29, 0.717) is 0 Å². The van der Waals surface area contributed by atoms with Gasteiger partial charge in [0.2, 0.25) is 0 Å². The normalized spacial score (nSPS) is 11.3. The van der Waals surface area contributed by atoms with E-state index < -0.39 is 0 Å². The van der Waals surface area contributed by atoms with Crippen LogP contribution >= 0.6 is 12.6 Å². The molecule has 2 heteroatoms. The molecule has 92 valence electrons. The summed E-state index contributed by atoms with van der Waals surface area (Å²) in [6, 6.07) is 18.3. The molecular weight excluding hydrogens is 240 g/mol. The van der Waals surface area contributed by atoms with Gasteiger partial charge in [0.05, 0.1) is 7.11 Å². The zero-order valence-corrected chi connectivity index (χ0v) is 11.2. The fourth-order valence-corrected chi connectivity index (χ4v) is 2.05. The summed E-state index contributed by atoms with van der Waals surface area (Å²) in [6.07, 6.45) is 2.15. The van der Waals surface area contributed by atoms with E-state index in [1.165, 1.54) is 11.1 Å². The van der Waals surface area contributed by atoms with E-state index in [2.05, 4.69) is 30.8 Å². The Bertz CT molecular complexity index is 515. The van der Waals surface area contributed by atoms with Gasteiger partial charge >= 0.3 is 0 Å². The fraction of sp³-hybridized carbons (Fsp3) is 0.125. The smallest absolute Gasteiger partial charge is 0.118 e. The molecular formula is C16H16OS. The number of hydrogen-bond acceptors (Lipinski definition) is 2. The van der Waals surface area contributed by atoms with Gasteiger partial charge in [0.15, 0.2) is 0 Å². The molecule has 2 aromatic rings. The average Bonchev–Trinajstić information content (AvgIpc) is 2.46. The lowest BCUT2D eigenvalue weighted by atomic mass is 10.0. The molecule has 0 saturated carbocycles. The second-order valence-electron chi connectivity index (χ2n) is 3.97. The first kappa shape index (κ1) is 12.8. The topological polar surface area (TPSA) is 9.23 Å². The standard InChI is InChI=1S/C16H16OS/c1-17-16-9-7-13(8-10-16)11-15(12-18)14-5-3-2-4-6-14/h2-11,18H,12H2,1H3. The van der Waals surface area contributed by atoms with Crippen molar-refractivity contribution < 1.29 is 4.74 Å². The Morgan fingerprint density at radius 3 is 2.28 bits per heavy atom. The van der Waals surface area contributed by atoms with E-state index in [-0.39, 0.29) is 0 Å². The molecule has 0 heterocycles. The maximum absolute atomic E-state index is 5.15. The highest BCUT2D eigenvalue weighted by molar-refractivity contribution is 7.80. The van der Waals surface area contributed by atoms with Gasteiger partial charge in [-0.2, -0.15) is 12.6 Å². The molecule has 0 aromatic heterocycles. The largest absolute Gasteiger partial charge is 0.497 e. The summed E-state index contributed by atoms with van der Waals surface area (Å²) in [5.74, 6) is 1.59. The molecule has 1 nitrogen and oxygen atoms in total. The van der Waals surface area contributed by atoms with Gasteiger partial charge < -0.3 is 4.74 Å². The van der Waals surface area contributed by atoms with Crippen LogP contribution in [0.2, 0.25) is 0 Å². The van der Waals surface area contributed by atoms with Crippen LogP contribution in [-0.2, 0) is 0 Å². The molecule has 2 aromatic carbocycles. The summed E-state index contributed by atoms with van der Waals surface area (Å²) in [5.41, 5.74) is 3.58. The Kier molecular flexibility index (Phi) is 4.48. The highest BCUT2D eigenvalue weighted by Crippen LogP contribution is 2.20. The summed E-state index contributed by atoms with van der Waals surface area (Å²) in [4.78, 5) is 0. The van der Waals surface area contributed by atoms with Gasteiger partial charge in [-0.15, -0.1) is 0 Å². The minimum absolute atomic E-state index is 0.718. The predicted molar refractivity (Wildman–Crippen MR) is 81.2 cm³/mol. The van der Waals surface area contributed by atoms with E-state index in [0.717, 1.165) is 17.1 Å². The maximum atomic E-state index is 5.15. The Labute approximate surface area is 114 Å². The zero-order chi connectivity index (χ0) is 12.8. The number of methoxy groups -OCH3 is 1. The lowest BCUT2D eigenvalue weighted by molar-refractivity contribution is 0.415. The van der Waals surface area contributed by atoms with Crippen LogP contribution in [0.1, 0.15) is 11.1 Å². The van der Waals surface area contributed by atoms with Crippen LogP contribution in [-0.4, -0.2) is 12.9 Å². The monoisotopic (exact) mass is 256 g/mol. The van der Waals surface area contributed by atoms with Crippen molar-refractivity contribution in [3.63, 3.8) is 0 Å². The average molecular weight is 256 g/mol. The molecule has 0 aliphatic rings. The van der Waals surface area contributed by atoms with E-state index in [9.17, 15) is 0 Å². The number of rotatable bonds is 4. The van der Waals surface area contributed by atoms with E-state index in [4.69, 9.17) is 4.74 Å². The van der Waals surface area contributed by atoms with Crippen molar-refractivity contribution in [3.05, 3.63) is 65.7 Å². The lowest BCUT2D eigenvalue weighted by Crippen LogP contribution is -1.86. The van der Waals surface area contributed by atoms with Crippen molar-refractivity contribution >= 4 is 24.3 Å². The molecule has 0 saturated heterocycles. The molecule has 0 aliphatic carbocycles. The van der Waals surface area contributed by atoms with Crippen molar-refractivity contribution in [3.8, 4) is 5.75 Å². The van der Waals surface area contributed by atoms with Crippen LogP contribution in [0.5, 0.6) is 5.75 Å².